The number of nitrogens with zero attached hydrogens (tertiary/aromatic N) is 5. The summed E-state index contributed by atoms with van der Waals surface area (Å²) < 4.78 is 16.3. The lowest BCUT2D eigenvalue weighted by atomic mass is 10.2. The lowest BCUT2D eigenvalue weighted by molar-refractivity contribution is -0.130. The lowest BCUT2D eigenvalue weighted by Crippen LogP contribution is -2.42. The van der Waals surface area contributed by atoms with E-state index in [1.807, 2.05) is 24.3 Å². The third-order valence-electron chi connectivity index (χ3n) is 5.38. The van der Waals surface area contributed by atoms with Crippen LogP contribution in [0.2, 0.25) is 0 Å². The van der Waals surface area contributed by atoms with E-state index in [-0.39, 0.29) is 24.6 Å². The zero-order chi connectivity index (χ0) is 21.8. The van der Waals surface area contributed by atoms with Gasteiger partial charge < -0.3 is 24.0 Å². The van der Waals surface area contributed by atoms with Gasteiger partial charge in [0, 0.05) is 26.1 Å². The quantitative estimate of drug-likeness (QED) is 0.659. The van der Waals surface area contributed by atoms with Crippen molar-refractivity contribution in [3.8, 4) is 17.5 Å². The van der Waals surface area contributed by atoms with Gasteiger partial charge >= 0.3 is 6.03 Å². The van der Waals surface area contributed by atoms with E-state index in [1.165, 1.54) is 19.5 Å². The molecule has 2 aliphatic heterocycles. The topological polar surface area (TPSA) is 97.3 Å². The maximum Gasteiger partial charge on any atom is 0.325 e. The molecule has 0 bridgehead atoms. The summed E-state index contributed by atoms with van der Waals surface area (Å²) in [6.07, 6.45) is 3.53. The number of aromatic nitrogens is 2. The fourth-order valence-electron chi connectivity index (χ4n) is 3.78. The van der Waals surface area contributed by atoms with E-state index in [0.29, 0.717) is 55.8 Å². The van der Waals surface area contributed by atoms with Crippen molar-refractivity contribution in [2.75, 3.05) is 51.8 Å². The molecule has 3 heterocycles. The first-order valence-electron chi connectivity index (χ1n) is 10.1. The number of urea groups is 1. The third-order valence-corrected chi connectivity index (χ3v) is 5.38. The van der Waals surface area contributed by atoms with E-state index in [1.54, 1.807) is 21.8 Å². The van der Waals surface area contributed by atoms with Gasteiger partial charge in [0.2, 0.25) is 17.7 Å². The summed E-state index contributed by atoms with van der Waals surface area (Å²) in [5.74, 6) is 1.26. The Morgan fingerprint density at radius 3 is 2.71 bits per heavy atom. The highest BCUT2D eigenvalue weighted by molar-refractivity contribution is 5.97. The number of ether oxygens (including phenoxy) is 3. The molecule has 4 rings (SSSR count). The molecule has 1 aromatic heterocycles. The molecule has 2 saturated heterocycles. The first kappa shape index (κ1) is 20.7. The summed E-state index contributed by atoms with van der Waals surface area (Å²) in [5, 5.41) is 0. The van der Waals surface area contributed by atoms with Crippen LogP contribution in [-0.4, -0.2) is 84.8 Å². The van der Waals surface area contributed by atoms with Gasteiger partial charge in [0.25, 0.3) is 0 Å². The predicted octanol–water partition coefficient (Wildman–Crippen LogP) is 1.42. The largest absolute Gasteiger partial charge is 0.495 e. The Labute approximate surface area is 180 Å². The molecule has 164 valence electrons. The minimum Gasteiger partial charge on any atom is -0.495 e. The molecule has 2 fully saturated rings. The van der Waals surface area contributed by atoms with Crippen LogP contribution in [0.3, 0.4) is 0 Å². The van der Waals surface area contributed by atoms with E-state index in [4.69, 9.17) is 14.2 Å². The van der Waals surface area contributed by atoms with Crippen LogP contribution >= 0.6 is 0 Å². The zero-order valence-corrected chi connectivity index (χ0v) is 17.6. The van der Waals surface area contributed by atoms with Crippen molar-refractivity contribution in [3.63, 3.8) is 0 Å². The van der Waals surface area contributed by atoms with Gasteiger partial charge in [-0.3, -0.25) is 14.7 Å². The summed E-state index contributed by atoms with van der Waals surface area (Å²) in [4.78, 5) is 38.8. The second kappa shape index (κ2) is 9.07. The maximum absolute atomic E-state index is 12.9. The Balaban J connectivity index is 1.32. The molecule has 10 heteroatoms. The molecule has 2 aliphatic rings. The number of amides is 3. The highest BCUT2D eigenvalue weighted by Crippen LogP contribution is 2.30. The first-order chi connectivity index (χ1) is 15.1. The molecule has 1 unspecified atom stereocenters. The SMILES string of the molecule is COc1cncc(OC2CCN(C(=O)CN3CCN(c4ccccc4OC)C3=O)C2)n1. The Morgan fingerprint density at radius 2 is 1.90 bits per heavy atom. The van der Waals surface area contributed by atoms with Gasteiger partial charge in [0.05, 0.1) is 38.8 Å². The highest BCUT2D eigenvalue weighted by atomic mass is 16.5. The van der Waals surface area contributed by atoms with Crippen molar-refractivity contribution >= 4 is 17.6 Å². The van der Waals surface area contributed by atoms with E-state index < -0.39 is 0 Å². The van der Waals surface area contributed by atoms with Gasteiger partial charge in [-0.1, -0.05) is 12.1 Å². The number of anilines is 1. The molecular formula is C21H25N5O5. The van der Waals surface area contributed by atoms with Crippen molar-refractivity contribution in [2.45, 2.75) is 12.5 Å². The average Bonchev–Trinajstić information content (AvgIpc) is 3.41. The number of likely N-dealkylation sites (tertiary alicyclic amines) is 1. The van der Waals surface area contributed by atoms with E-state index in [0.717, 1.165) is 0 Å². The summed E-state index contributed by atoms with van der Waals surface area (Å²) in [6.45, 7) is 2.04. The van der Waals surface area contributed by atoms with Crippen LogP contribution in [0.25, 0.3) is 0 Å². The molecule has 0 aliphatic carbocycles. The smallest absolute Gasteiger partial charge is 0.325 e. The molecule has 2 aromatic rings. The third kappa shape index (κ3) is 4.47. The Bertz CT molecular complexity index is 955. The van der Waals surface area contributed by atoms with Crippen LogP contribution in [0, 0.1) is 0 Å². The zero-order valence-electron chi connectivity index (χ0n) is 17.6. The van der Waals surface area contributed by atoms with Crippen molar-refractivity contribution in [1.82, 2.24) is 19.8 Å². The molecule has 0 spiro atoms. The van der Waals surface area contributed by atoms with Crippen LogP contribution in [0.5, 0.6) is 17.5 Å². The molecular weight excluding hydrogens is 402 g/mol. The van der Waals surface area contributed by atoms with E-state index in [9.17, 15) is 9.59 Å². The van der Waals surface area contributed by atoms with Crippen LogP contribution in [0.15, 0.2) is 36.7 Å². The summed E-state index contributed by atoms with van der Waals surface area (Å²) in [6, 6.07) is 7.17. The second-order valence-corrected chi connectivity index (χ2v) is 7.30. The van der Waals surface area contributed by atoms with Gasteiger partial charge in [0.15, 0.2) is 0 Å². The fraction of sp³-hybridized carbons (Fsp3) is 0.429. The van der Waals surface area contributed by atoms with Gasteiger partial charge in [-0.2, -0.15) is 4.98 Å². The summed E-state index contributed by atoms with van der Waals surface area (Å²) in [7, 11) is 3.09. The van der Waals surface area contributed by atoms with Gasteiger partial charge in [-0.15, -0.1) is 0 Å². The van der Waals surface area contributed by atoms with E-state index >= 15 is 0 Å². The van der Waals surface area contributed by atoms with Crippen LogP contribution < -0.4 is 19.1 Å². The number of benzene rings is 1. The van der Waals surface area contributed by atoms with Crippen LogP contribution in [0.1, 0.15) is 6.42 Å². The molecule has 10 nitrogen and oxygen atoms in total. The van der Waals surface area contributed by atoms with Crippen molar-refractivity contribution in [1.29, 1.82) is 0 Å². The van der Waals surface area contributed by atoms with E-state index in [2.05, 4.69) is 9.97 Å². The second-order valence-electron chi connectivity index (χ2n) is 7.30. The molecule has 0 radical (unpaired) electrons. The Kier molecular flexibility index (Phi) is 6.06. The van der Waals surface area contributed by atoms with Crippen molar-refractivity contribution in [3.05, 3.63) is 36.7 Å². The first-order valence-corrected chi connectivity index (χ1v) is 10.1. The maximum atomic E-state index is 12.9. The summed E-state index contributed by atoms with van der Waals surface area (Å²) >= 11 is 0. The fourth-order valence-corrected chi connectivity index (χ4v) is 3.78. The number of hydrogen-bond acceptors (Lipinski definition) is 7. The number of rotatable bonds is 7. The monoisotopic (exact) mass is 427 g/mol. The standard InChI is InChI=1S/C21H25N5O5/c1-29-17-6-4-3-5-16(17)26-10-9-25(21(26)28)14-20(27)24-8-7-15(13-24)31-19-12-22-11-18(23-19)30-2/h3-6,11-12,15H,7-10,13-14H2,1-2H3. The molecule has 1 aromatic carbocycles. The van der Waals surface area contributed by atoms with Crippen LogP contribution in [-0.2, 0) is 4.79 Å². The minimum atomic E-state index is -0.198. The lowest BCUT2D eigenvalue weighted by Gasteiger charge is -2.22. The Morgan fingerprint density at radius 1 is 1.10 bits per heavy atom. The van der Waals surface area contributed by atoms with Crippen LogP contribution in [0.4, 0.5) is 10.5 Å². The molecule has 0 saturated carbocycles. The van der Waals surface area contributed by atoms with Gasteiger partial charge in [-0.25, -0.2) is 4.79 Å². The normalized spacial score (nSPS) is 18.5. The number of carbonyl (C=O) groups excluding carboxylic acids is 2. The molecule has 31 heavy (non-hydrogen) atoms. The Hall–Kier alpha value is -3.56. The number of para-hydroxylation sites is 2. The highest BCUT2D eigenvalue weighted by Gasteiger charge is 2.35. The molecule has 3 amide bonds. The number of methoxy groups -OCH3 is 2. The predicted molar refractivity (Wildman–Crippen MR) is 112 cm³/mol. The van der Waals surface area contributed by atoms with Gasteiger partial charge in [-0.05, 0) is 12.1 Å². The average molecular weight is 427 g/mol. The minimum absolute atomic E-state index is 0.0379. The van der Waals surface area contributed by atoms with Crippen molar-refractivity contribution < 1.29 is 23.8 Å². The van der Waals surface area contributed by atoms with Gasteiger partial charge in [0.1, 0.15) is 18.4 Å². The molecule has 1 atom stereocenters. The molecule has 0 N–H and O–H groups in total. The number of hydrogen-bond donors (Lipinski definition) is 0. The van der Waals surface area contributed by atoms with Crippen molar-refractivity contribution in [2.24, 2.45) is 0 Å². The number of carbonyl (C=O) groups is 2. The summed E-state index contributed by atoms with van der Waals surface area (Å²) in [5.41, 5.74) is 0.707.